The molecule has 1 aromatic rings. The Morgan fingerprint density at radius 2 is 2.22 bits per heavy atom. The molecule has 1 heterocycles. The molecule has 23 heavy (non-hydrogen) atoms. The lowest BCUT2D eigenvalue weighted by atomic mass is 10.1. The second kappa shape index (κ2) is 9.15. The van der Waals surface area contributed by atoms with E-state index in [1.54, 1.807) is 6.07 Å². The van der Waals surface area contributed by atoms with Gasteiger partial charge in [0.1, 0.15) is 5.82 Å². The summed E-state index contributed by atoms with van der Waals surface area (Å²) in [4.78, 5) is 0. The number of hydrogen-bond donors (Lipinski definition) is 2. The van der Waals surface area contributed by atoms with Crippen molar-refractivity contribution in [2.24, 2.45) is 5.92 Å². The third-order valence-electron chi connectivity index (χ3n) is 3.85. The van der Waals surface area contributed by atoms with Crippen LogP contribution in [0.1, 0.15) is 18.4 Å². The molecule has 1 fully saturated rings. The van der Waals surface area contributed by atoms with Gasteiger partial charge < -0.3 is 5.32 Å². The molecule has 2 rings (SSSR count). The molecule has 0 aliphatic carbocycles. The standard InChI is InChI=1S/C14H21ClFN3O2S.ClH/c1-19(10-12-13(15)3-2-4-14(12)16)22(20,21)18-8-6-11-5-7-17-9-11;/h2-4,11,17-18H,5-10H2,1H3;1H. The monoisotopic (exact) mass is 385 g/mol. The smallest absolute Gasteiger partial charge is 0.279 e. The number of nitrogens with one attached hydrogen (secondary N) is 2. The first kappa shape index (κ1) is 20.6. The summed E-state index contributed by atoms with van der Waals surface area (Å²) < 4.78 is 41.7. The van der Waals surface area contributed by atoms with Crippen LogP contribution in [0.25, 0.3) is 0 Å². The third-order valence-corrected chi connectivity index (χ3v) is 5.72. The van der Waals surface area contributed by atoms with Gasteiger partial charge in [-0.05, 0) is 44.0 Å². The van der Waals surface area contributed by atoms with Gasteiger partial charge in [0.15, 0.2) is 0 Å². The van der Waals surface area contributed by atoms with Crippen LogP contribution in [0.15, 0.2) is 18.2 Å². The van der Waals surface area contributed by atoms with E-state index in [0.29, 0.717) is 12.5 Å². The zero-order valence-corrected chi connectivity index (χ0v) is 15.3. The molecular weight excluding hydrogens is 364 g/mol. The highest BCUT2D eigenvalue weighted by Gasteiger charge is 2.21. The number of nitrogens with zero attached hydrogens (tertiary/aromatic N) is 1. The van der Waals surface area contributed by atoms with Gasteiger partial charge in [0, 0.05) is 30.7 Å². The number of halogens is 3. The zero-order chi connectivity index (χ0) is 16.2. The highest BCUT2D eigenvalue weighted by Crippen LogP contribution is 2.21. The van der Waals surface area contributed by atoms with Gasteiger partial charge in [0.05, 0.1) is 0 Å². The van der Waals surface area contributed by atoms with Gasteiger partial charge >= 0.3 is 0 Å². The van der Waals surface area contributed by atoms with E-state index in [2.05, 4.69) is 10.0 Å². The lowest BCUT2D eigenvalue weighted by molar-refractivity contribution is 0.440. The van der Waals surface area contributed by atoms with Crippen molar-refractivity contribution in [3.8, 4) is 0 Å². The fraction of sp³-hybridized carbons (Fsp3) is 0.571. The van der Waals surface area contributed by atoms with Crippen molar-refractivity contribution in [1.82, 2.24) is 14.3 Å². The Bertz CT molecular complexity index is 590. The molecule has 1 unspecified atom stereocenters. The molecule has 0 bridgehead atoms. The van der Waals surface area contributed by atoms with Gasteiger partial charge in [-0.1, -0.05) is 17.7 Å². The lowest BCUT2D eigenvalue weighted by Crippen LogP contribution is -2.39. The summed E-state index contributed by atoms with van der Waals surface area (Å²) in [5.41, 5.74) is 0.178. The molecule has 1 atom stereocenters. The molecule has 1 saturated heterocycles. The summed E-state index contributed by atoms with van der Waals surface area (Å²) in [6.45, 7) is 2.20. The van der Waals surface area contributed by atoms with Crippen molar-refractivity contribution in [1.29, 1.82) is 0 Å². The summed E-state index contributed by atoms with van der Waals surface area (Å²) in [5, 5.41) is 3.47. The molecule has 1 aliphatic rings. The van der Waals surface area contributed by atoms with Gasteiger partial charge in [-0.3, -0.25) is 0 Å². The van der Waals surface area contributed by atoms with Crippen molar-refractivity contribution in [3.63, 3.8) is 0 Å². The topological polar surface area (TPSA) is 61.4 Å². The molecule has 0 saturated carbocycles. The molecule has 0 amide bonds. The van der Waals surface area contributed by atoms with Crippen molar-refractivity contribution in [2.75, 3.05) is 26.7 Å². The third kappa shape index (κ3) is 5.85. The van der Waals surface area contributed by atoms with E-state index in [1.807, 2.05) is 0 Å². The Morgan fingerprint density at radius 3 is 2.83 bits per heavy atom. The first-order valence-electron chi connectivity index (χ1n) is 7.24. The average Bonchev–Trinajstić information content (AvgIpc) is 2.96. The summed E-state index contributed by atoms with van der Waals surface area (Å²) in [7, 11) is -2.24. The van der Waals surface area contributed by atoms with Crippen LogP contribution in [-0.4, -0.2) is 39.4 Å². The molecule has 0 spiro atoms. The first-order chi connectivity index (χ1) is 10.4. The van der Waals surface area contributed by atoms with Gasteiger partial charge in [-0.15, -0.1) is 12.4 Å². The highest BCUT2D eigenvalue weighted by atomic mass is 35.5. The quantitative estimate of drug-likeness (QED) is 0.755. The average molecular weight is 386 g/mol. The minimum atomic E-state index is -3.65. The van der Waals surface area contributed by atoms with E-state index in [0.717, 1.165) is 30.2 Å². The molecule has 0 radical (unpaired) electrons. The van der Waals surface area contributed by atoms with Crippen LogP contribution >= 0.6 is 24.0 Å². The SMILES string of the molecule is CN(Cc1c(F)cccc1Cl)S(=O)(=O)NCCC1CCNC1.Cl. The van der Waals surface area contributed by atoms with Gasteiger partial charge in [-0.25, -0.2) is 9.11 Å². The van der Waals surface area contributed by atoms with Crippen LogP contribution in [0.3, 0.4) is 0 Å². The predicted octanol–water partition coefficient (Wildman–Crippen LogP) is 2.17. The predicted molar refractivity (Wildman–Crippen MR) is 92.6 cm³/mol. The Hall–Kier alpha value is -0.440. The van der Waals surface area contributed by atoms with Gasteiger partial charge in [0.2, 0.25) is 0 Å². The second-order valence-electron chi connectivity index (χ2n) is 5.50. The Labute approximate surface area is 148 Å². The second-order valence-corrected chi connectivity index (χ2v) is 7.77. The normalized spacial score (nSPS) is 18.2. The summed E-state index contributed by atoms with van der Waals surface area (Å²) >= 11 is 5.93. The van der Waals surface area contributed by atoms with E-state index in [9.17, 15) is 12.8 Å². The van der Waals surface area contributed by atoms with Gasteiger partial charge in [-0.2, -0.15) is 12.7 Å². The van der Waals surface area contributed by atoms with E-state index in [1.165, 1.54) is 19.2 Å². The maximum absolute atomic E-state index is 13.7. The number of hydrogen-bond acceptors (Lipinski definition) is 3. The molecular formula is C14H22Cl2FN3O2S. The maximum Gasteiger partial charge on any atom is 0.279 e. The fourth-order valence-corrected chi connectivity index (χ4v) is 3.57. The Balaban J connectivity index is 0.00000264. The van der Waals surface area contributed by atoms with Crippen LogP contribution in [0.4, 0.5) is 4.39 Å². The van der Waals surface area contributed by atoms with E-state index >= 15 is 0 Å². The van der Waals surface area contributed by atoms with Crippen molar-refractivity contribution >= 4 is 34.2 Å². The van der Waals surface area contributed by atoms with Gasteiger partial charge in [0.25, 0.3) is 10.2 Å². The number of benzene rings is 1. The van der Waals surface area contributed by atoms with Crippen molar-refractivity contribution in [2.45, 2.75) is 19.4 Å². The zero-order valence-electron chi connectivity index (χ0n) is 12.9. The summed E-state index contributed by atoms with van der Waals surface area (Å²) in [6, 6.07) is 4.30. The van der Waals surface area contributed by atoms with Crippen LogP contribution in [0.2, 0.25) is 5.02 Å². The van der Waals surface area contributed by atoms with Crippen molar-refractivity contribution in [3.05, 3.63) is 34.6 Å². The van der Waals surface area contributed by atoms with E-state index in [-0.39, 0.29) is 29.5 Å². The summed E-state index contributed by atoms with van der Waals surface area (Å²) in [5.74, 6) is 0.000554. The molecule has 1 aromatic carbocycles. The van der Waals surface area contributed by atoms with Crippen LogP contribution in [0.5, 0.6) is 0 Å². The molecule has 1 aliphatic heterocycles. The molecule has 5 nitrogen and oxygen atoms in total. The lowest BCUT2D eigenvalue weighted by Gasteiger charge is -2.19. The summed E-state index contributed by atoms with van der Waals surface area (Å²) in [6.07, 6.45) is 1.86. The van der Waals surface area contributed by atoms with E-state index < -0.39 is 16.0 Å². The van der Waals surface area contributed by atoms with E-state index in [4.69, 9.17) is 11.6 Å². The minimum Gasteiger partial charge on any atom is -0.316 e. The molecule has 9 heteroatoms. The Kier molecular flexibility index (Phi) is 8.20. The van der Waals surface area contributed by atoms with Crippen molar-refractivity contribution < 1.29 is 12.8 Å². The molecule has 0 aromatic heterocycles. The number of rotatable bonds is 7. The highest BCUT2D eigenvalue weighted by molar-refractivity contribution is 7.87. The molecule has 132 valence electrons. The Morgan fingerprint density at radius 1 is 1.48 bits per heavy atom. The van der Waals surface area contributed by atoms with Crippen LogP contribution in [-0.2, 0) is 16.8 Å². The van der Waals surface area contributed by atoms with Crippen LogP contribution in [0, 0.1) is 11.7 Å². The van der Waals surface area contributed by atoms with Crippen LogP contribution < -0.4 is 10.0 Å². The maximum atomic E-state index is 13.7. The largest absolute Gasteiger partial charge is 0.316 e. The fourth-order valence-electron chi connectivity index (χ4n) is 2.45. The first-order valence-corrected chi connectivity index (χ1v) is 9.06. The minimum absolute atomic E-state index is 0. The molecule has 2 N–H and O–H groups in total.